The Balaban J connectivity index is 1.64. The van der Waals surface area contributed by atoms with Crippen molar-refractivity contribution in [2.45, 2.75) is 75.3 Å². The van der Waals surface area contributed by atoms with Gasteiger partial charge in [-0.1, -0.05) is 38.5 Å². The molecule has 0 aromatic rings. The summed E-state index contributed by atoms with van der Waals surface area (Å²) in [5, 5.41) is 0. The summed E-state index contributed by atoms with van der Waals surface area (Å²) in [6.45, 7) is 0. The number of hydrogen-bond donors (Lipinski definition) is 0. The molecule has 2 aliphatic heterocycles. The molecule has 16 heavy (non-hydrogen) atoms. The summed E-state index contributed by atoms with van der Waals surface area (Å²) in [6, 6.07) is 0. The van der Waals surface area contributed by atoms with Gasteiger partial charge in [-0.2, -0.15) is 0 Å². The molecule has 4 fully saturated rings. The van der Waals surface area contributed by atoms with E-state index in [0.29, 0.717) is 6.10 Å². The average Bonchev–Trinajstić information content (AvgIpc) is 2.62. The molecular weight excluding hydrogens is 199 g/mol. The van der Waals surface area contributed by atoms with Crippen molar-refractivity contribution in [1.82, 2.24) is 0 Å². The topological polar surface area (TPSA) is 18.5 Å². The Bertz CT molecular complexity index is 294. The van der Waals surface area contributed by atoms with Gasteiger partial charge in [0.05, 0.1) is 11.7 Å². The zero-order valence-electron chi connectivity index (χ0n) is 9.99. The van der Waals surface area contributed by atoms with E-state index >= 15 is 0 Å². The number of fused-ring (bicyclic) bond motifs is 3. The third-order valence-electron chi connectivity index (χ3n) is 5.48. The molecule has 4 rings (SSSR count). The highest BCUT2D eigenvalue weighted by Crippen LogP contribution is 2.56. The first-order chi connectivity index (χ1) is 7.87. The predicted octanol–water partition coefficient (Wildman–Crippen LogP) is 3.17. The molecule has 3 heteroatoms. The van der Waals surface area contributed by atoms with Gasteiger partial charge in [0.2, 0.25) is 0 Å². The minimum Gasteiger partial charge on any atom is -0.405 e. The molecule has 1 spiro atoms. The van der Waals surface area contributed by atoms with Crippen LogP contribution in [0.1, 0.15) is 57.8 Å². The van der Waals surface area contributed by atoms with E-state index in [9.17, 15) is 0 Å². The van der Waals surface area contributed by atoms with Crippen LogP contribution in [0.3, 0.4) is 0 Å². The molecule has 2 aliphatic carbocycles. The lowest BCUT2D eigenvalue weighted by Gasteiger charge is -2.45. The first-order valence-corrected chi connectivity index (χ1v) is 7.21. The molecule has 0 N–H and O–H groups in total. The SMILES string of the molecule is C1CCC2B3OC4CCCCC4(CC2C1)O3. The van der Waals surface area contributed by atoms with Gasteiger partial charge in [-0.15, -0.1) is 0 Å². The van der Waals surface area contributed by atoms with Crippen molar-refractivity contribution in [2.75, 3.05) is 0 Å². The van der Waals surface area contributed by atoms with Crippen LogP contribution >= 0.6 is 0 Å². The quantitative estimate of drug-likeness (QED) is 0.584. The maximum atomic E-state index is 6.34. The Labute approximate surface area is 98.2 Å². The van der Waals surface area contributed by atoms with Crippen LogP contribution in [0.15, 0.2) is 0 Å². The minimum atomic E-state index is 0.154. The first kappa shape index (κ1) is 9.96. The summed E-state index contributed by atoms with van der Waals surface area (Å²) >= 11 is 0. The monoisotopic (exact) mass is 220 g/mol. The Morgan fingerprint density at radius 2 is 1.88 bits per heavy atom. The highest BCUT2D eigenvalue weighted by Gasteiger charge is 2.60. The van der Waals surface area contributed by atoms with Gasteiger partial charge in [0.25, 0.3) is 0 Å². The Kier molecular flexibility index (Phi) is 2.17. The molecule has 2 heterocycles. The van der Waals surface area contributed by atoms with Crippen LogP contribution in [0.2, 0.25) is 5.82 Å². The molecule has 2 saturated heterocycles. The lowest BCUT2D eigenvalue weighted by molar-refractivity contribution is -0.0304. The number of rotatable bonds is 0. The van der Waals surface area contributed by atoms with Crippen LogP contribution in [-0.4, -0.2) is 18.8 Å². The minimum absolute atomic E-state index is 0.154. The molecule has 0 aromatic carbocycles. The first-order valence-electron chi connectivity index (χ1n) is 7.21. The maximum absolute atomic E-state index is 6.34. The average molecular weight is 220 g/mol. The Morgan fingerprint density at radius 3 is 2.88 bits per heavy atom. The molecular formula is C13H21BO2. The van der Waals surface area contributed by atoms with Gasteiger partial charge in [0, 0.05) is 0 Å². The molecule has 2 bridgehead atoms. The van der Waals surface area contributed by atoms with E-state index in [0.717, 1.165) is 11.7 Å². The zero-order chi connectivity index (χ0) is 10.6. The van der Waals surface area contributed by atoms with Crippen LogP contribution in [0, 0.1) is 5.92 Å². The molecule has 0 aromatic heterocycles. The van der Waals surface area contributed by atoms with Crippen molar-refractivity contribution in [2.24, 2.45) is 5.92 Å². The predicted molar refractivity (Wildman–Crippen MR) is 63.2 cm³/mol. The van der Waals surface area contributed by atoms with Gasteiger partial charge in [-0.3, -0.25) is 0 Å². The van der Waals surface area contributed by atoms with Crippen LogP contribution < -0.4 is 0 Å². The molecule has 0 amide bonds. The van der Waals surface area contributed by atoms with Gasteiger partial charge in [0.1, 0.15) is 0 Å². The summed E-state index contributed by atoms with van der Waals surface area (Å²) in [6.07, 6.45) is 12.6. The normalized spacial score (nSPS) is 51.0. The highest BCUT2D eigenvalue weighted by molar-refractivity contribution is 6.47. The fourth-order valence-electron chi connectivity index (χ4n) is 4.69. The van der Waals surface area contributed by atoms with E-state index < -0.39 is 0 Å². The van der Waals surface area contributed by atoms with Gasteiger partial charge in [-0.05, 0) is 31.0 Å². The Hall–Kier alpha value is -0.0151. The van der Waals surface area contributed by atoms with Crippen LogP contribution in [0.5, 0.6) is 0 Å². The van der Waals surface area contributed by atoms with Crippen LogP contribution in [0.25, 0.3) is 0 Å². The van der Waals surface area contributed by atoms with Gasteiger partial charge >= 0.3 is 7.12 Å². The molecule has 4 atom stereocenters. The molecule has 4 aliphatic rings. The standard InChI is InChI=1S/C13H21BO2/c1-2-6-11-10(5-1)9-13-8-4-3-7-12(13)15-14(11)16-13/h10-12H,1-9H2. The van der Waals surface area contributed by atoms with Crippen LogP contribution in [0.4, 0.5) is 0 Å². The Morgan fingerprint density at radius 1 is 1.00 bits per heavy atom. The van der Waals surface area contributed by atoms with Crippen molar-refractivity contribution < 1.29 is 9.31 Å². The lowest BCUT2D eigenvalue weighted by Crippen LogP contribution is -2.48. The maximum Gasteiger partial charge on any atom is 0.461 e. The second-order valence-corrected chi connectivity index (χ2v) is 6.33. The van der Waals surface area contributed by atoms with E-state index in [1.807, 2.05) is 0 Å². The third-order valence-corrected chi connectivity index (χ3v) is 5.48. The van der Waals surface area contributed by atoms with Crippen molar-refractivity contribution in [3.05, 3.63) is 0 Å². The summed E-state index contributed by atoms with van der Waals surface area (Å²) in [5.41, 5.74) is 0.154. The molecule has 0 radical (unpaired) electrons. The molecule has 88 valence electrons. The van der Waals surface area contributed by atoms with Gasteiger partial charge in [0.15, 0.2) is 0 Å². The van der Waals surface area contributed by atoms with Gasteiger partial charge < -0.3 is 9.31 Å². The van der Waals surface area contributed by atoms with E-state index in [-0.39, 0.29) is 12.7 Å². The fourth-order valence-corrected chi connectivity index (χ4v) is 4.69. The largest absolute Gasteiger partial charge is 0.461 e. The third kappa shape index (κ3) is 1.28. The fraction of sp³-hybridized carbons (Fsp3) is 1.00. The van der Waals surface area contributed by atoms with Crippen molar-refractivity contribution >= 4 is 7.12 Å². The van der Waals surface area contributed by atoms with Crippen molar-refractivity contribution in [3.8, 4) is 0 Å². The summed E-state index contributed by atoms with van der Waals surface area (Å²) in [4.78, 5) is 0. The van der Waals surface area contributed by atoms with E-state index in [1.54, 1.807) is 0 Å². The van der Waals surface area contributed by atoms with Crippen molar-refractivity contribution in [3.63, 3.8) is 0 Å². The van der Waals surface area contributed by atoms with E-state index in [2.05, 4.69) is 0 Å². The van der Waals surface area contributed by atoms with Gasteiger partial charge in [-0.25, -0.2) is 0 Å². The molecule has 2 saturated carbocycles. The second kappa shape index (κ2) is 3.49. The summed E-state index contributed by atoms with van der Waals surface area (Å²) in [7, 11) is 0.169. The lowest BCUT2D eigenvalue weighted by atomic mass is 9.55. The number of hydrogen-bond acceptors (Lipinski definition) is 2. The van der Waals surface area contributed by atoms with Crippen LogP contribution in [-0.2, 0) is 9.31 Å². The zero-order valence-corrected chi connectivity index (χ0v) is 9.99. The highest BCUT2D eigenvalue weighted by atomic mass is 16.7. The molecule has 2 nitrogen and oxygen atoms in total. The second-order valence-electron chi connectivity index (χ2n) is 6.33. The molecule has 4 unspecified atom stereocenters. The van der Waals surface area contributed by atoms with E-state index in [4.69, 9.17) is 9.31 Å². The summed E-state index contributed by atoms with van der Waals surface area (Å²) in [5.74, 6) is 1.64. The smallest absolute Gasteiger partial charge is 0.405 e. The van der Waals surface area contributed by atoms with E-state index in [1.165, 1.54) is 57.8 Å². The summed E-state index contributed by atoms with van der Waals surface area (Å²) < 4.78 is 12.6. The van der Waals surface area contributed by atoms with Crippen molar-refractivity contribution in [1.29, 1.82) is 0 Å².